The molecule has 1 atom stereocenters. The predicted molar refractivity (Wildman–Crippen MR) is 88.9 cm³/mol. The first-order chi connectivity index (χ1) is 12.6. The summed E-state index contributed by atoms with van der Waals surface area (Å²) in [6.07, 6.45) is -1.49. The molecular weight excluding hydrogens is 387 g/mol. The summed E-state index contributed by atoms with van der Waals surface area (Å²) >= 11 is 5.82. The molecule has 1 aliphatic rings. The molecule has 3 rings (SSSR count). The fourth-order valence-corrected chi connectivity index (χ4v) is 3.08. The van der Waals surface area contributed by atoms with E-state index in [1.54, 1.807) is 6.92 Å². The summed E-state index contributed by atoms with van der Waals surface area (Å²) in [7, 11) is 0. The number of carbonyl (C=O) groups excluding carboxylic acids is 1. The van der Waals surface area contributed by atoms with Crippen LogP contribution in [0.2, 0.25) is 5.02 Å². The van der Waals surface area contributed by atoms with Crippen molar-refractivity contribution in [2.24, 2.45) is 5.92 Å². The maximum absolute atomic E-state index is 12.8. The quantitative estimate of drug-likeness (QED) is 0.641. The Labute approximate surface area is 158 Å². The summed E-state index contributed by atoms with van der Waals surface area (Å²) in [6, 6.07) is 1.13. The Morgan fingerprint density at radius 3 is 2.67 bits per heavy atom. The minimum absolute atomic E-state index is 0.0244. The number of aryl methyl sites for hydroxylation is 1. The molecule has 0 aliphatic heterocycles. The highest BCUT2D eigenvalue weighted by atomic mass is 35.5. The van der Waals surface area contributed by atoms with E-state index in [0.717, 1.165) is 25.1 Å². The zero-order chi connectivity index (χ0) is 19.8. The Hall–Kier alpha value is -2.16. The van der Waals surface area contributed by atoms with Crippen molar-refractivity contribution in [3.8, 4) is 5.75 Å². The molecule has 0 radical (unpaired) electrons. The third kappa shape index (κ3) is 4.58. The molecule has 27 heavy (non-hydrogen) atoms. The van der Waals surface area contributed by atoms with E-state index in [0.29, 0.717) is 11.7 Å². The van der Waals surface area contributed by atoms with Gasteiger partial charge in [0.05, 0.1) is 6.20 Å². The lowest BCUT2D eigenvalue weighted by Crippen LogP contribution is -2.30. The lowest BCUT2D eigenvalue weighted by Gasteiger charge is -2.25. The van der Waals surface area contributed by atoms with Gasteiger partial charge in [0.2, 0.25) is 5.89 Å². The van der Waals surface area contributed by atoms with E-state index in [9.17, 15) is 18.0 Å². The summed E-state index contributed by atoms with van der Waals surface area (Å²) in [4.78, 5) is 21.0. The van der Waals surface area contributed by atoms with Crippen LogP contribution in [0.3, 0.4) is 0 Å². The number of hydrogen-bond donors (Lipinski definition) is 0. The zero-order valence-electron chi connectivity index (χ0n) is 14.6. The fraction of sp³-hybridized carbons (Fsp3) is 0.529. The normalized spacial score (nSPS) is 16.8. The van der Waals surface area contributed by atoms with Crippen LogP contribution in [-0.2, 0) is 5.41 Å². The molecule has 0 spiro atoms. The van der Waals surface area contributed by atoms with Crippen LogP contribution < -0.4 is 4.74 Å². The van der Waals surface area contributed by atoms with Gasteiger partial charge in [0.15, 0.2) is 18.2 Å². The van der Waals surface area contributed by atoms with Gasteiger partial charge in [-0.05, 0) is 18.8 Å². The van der Waals surface area contributed by atoms with Gasteiger partial charge in [0, 0.05) is 24.8 Å². The monoisotopic (exact) mass is 403 g/mol. The van der Waals surface area contributed by atoms with Crippen molar-refractivity contribution in [1.82, 2.24) is 15.1 Å². The first-order valence-corrected chi connectivity index (χ1v) is 8.65. The Kier molecular flexibility index (Phi) is 5.16. The number of ketones is 1. The highest BCUT2D eigenvalue weighted by Crippen LogP contribution is 2.48. The molecule has 0 unspecified atom stereocenters. The SMILES string of the molecule is Cc1nc([C@](C)(CC(=O)c2cc(OCC(F)(F)F)c(Cl)cn2)C2CC2)no1. The number of pyridine rings is 1. The molecule has 1 saturated carbocycles. The van der Waals surface area contributed by atoms with E-state index in [4.69, 9.17) is 16.1 Å². The third-order valence-corrected chi connectivity index (χ3v) is 4.83. The van der Waals surface area contributed by atoms with Gasteiger partial charge in [-0.25, -0.2) is 0 Å². The van der Waals surface area contributed by atoms with E-state index >= 15 is 0 Å². The topological polar surface area (TPSA) is 78.1 Å². The van der Waals surface area contributed by atoms with Gasteiger partial charge in [-0.1, -0.05) is 23.7 Å². The third-order valence-electron chi connectivity index (χ3n) is 4.54. The van der Waals surface area contributed by atoms with Gasteiger partial charge >= 0.3 is 6.18 Å². The Morgan fingerprint density at radius 2 is 2.11 bits per heavy atom. The van der Waals surface area contributed by atoms with Crippen LogP contribution in [0.4, 0.5) is 13.2 Å². The second-order valence-corrected chi connectivity index (χ2v) is 7.24. The summed E-state index contributed by atoms with van der Waals surface area (Å²) in [5, 5.41) is 3.85. The van der Waals surface area contributed by atoms with Crippen LogP contribution in [-0.4, -0.2) is 33.7 Å². The van der Waals surface area contributed by atoms with Crippen molar-refractivity contribution in [1.29, 1.82) is 0 Å². The molecule has 2 aromatic heterocycles. The van der Waals surface area contributed by atoms with Crippen LogP contribution >= 0.6 is 11.6 Å². The minimum Gasteiger partial charge on any atom is -0.482 e. The van der Waals surface area contributed by atoms with Gasteiger partial charge < -0.3 is 9.26 Å². The standard InChI is InChI=1S/C17H17ClF3N3O3/c1-9-23-15(24-27-9)16(2,10-3-4-10)6-13(25)12-5-14(11(18)7-22-12)26-8-17(19,20)21/h5,7,10H,3-4,6,8H2,1-2H3/t16-/m1/s1. The molecule has 1 aliphatic carbocycles. The lowest BCUT2D eigenvalue weighted by atomic mass is 9.78. The molecule has 6 nitrogen and oxygen atoms in total. The van der Waals surface area contributed by atoms with Crippen LogP contribution in [0.1, 0.15) is 48.4 Å². The smallest absolute Gasteiger partial charge is 0.422 e. The summed E-state index contributed by atoms with van der Waals surface area (Å²) in [5.74, 6) is 0.470. The van der Waals surface area contributed by atoms with Crippen LogP contribution in [0, 0.1) is 12.8 Å². The molecule has 0 aromatic carbocycles. The van der Waals surface area contributed by atoms with Crippen LogP contribution in [0.15, 0.2) is 16.8 Å². The Bertz CT molecular complexity index is 851. The van der Waals surface area contributed by atoms with Crippen molar-refractivity contribution in [2.75, 3.05) is 6.61 Å². The number of alkyl halides is 3. The number of carbonyl (C=O) groups is 1. The second kappa shape index (κ2) is 7.10. The van der Waals surface area contributed by atoms with Crippen LogP contribution in [0.5, 0.6) is 5.75 Å². The molecule has 0 N–H and O–H groups in total. The van der Waals surface area contributed by atoms with Gasteiger partial charge in [-0.15, -0.1) is 0 Å². The largest absolute Gasteiger partial charge is 0.482 e. The first kappa shape index (κ1) is 19.6. The zero-order valence-corrected chi connectivity index (χ0v) is 15.4. The van der Waals surface area contributed by atoms with Crippen molar-refractivity contribution in [3.05, 3.63) is 34.7 Å². The first-order valence-electron chi connectivity index (χ1n) is 8.27. The van der Waals surface area contributed by atoms with E-state index in [1.807, 2.05) is 6.92 Å². The molecule has 1 fully saturated rings. The maximum Gasteiger partial charge on any atom is 0.422 e. The molecule has 0 bridgehead atoms. The summed E-state index contributed by atoms with van der Waals surface area (Å²) in [5.41, 5.74) is -0.660. The van der Waals surface area contributed by atoms with Gasteiger partial charge in [-0.3, -0.25) is 9.78 Å². The van der Waals surface area contributed by atoms with Crippen LogP contribution in [0.25, 0.3) is 0 Å². The summed E-state index contributed by atoms with van der Waals surface area (Å²) in [6.45, 7) is 2.03. The number of hydrogen-bond acceptors (Lipinski definition) is 6. The van der Waals surface area contributed by atoms with E-state index in [2.05, 4.69) is 19.9 Å². The predicted octanol–water partition coefficient (Wildman–Crippen LogP) is 4.31. The highest BCUT2D eigenvalue weighted by Gasteiger charge is 2.47. The average molecular weight is 404 g/mol. The summed E-state index contributed by atoms with van der Waals surface area (Å²) < 4.78 is 46.8. The van der Waals surface area contributed by atoms with Crippen molar-refractivity contribution in [3.63, 3.8) is 0 Å². The molecular formula is C17H17ClF3N3O3. The second-order valence-electron chi connectivity index (χ2n) is 6.83. The van der Waals surface area contributed by atoms with Crippen molar-refractivity contribution < 1.29 is 27.2 Å². The van der Waals surface area contributed by atoms with Gasteiger partial charge in [0.1, 0.15) is 16.5 Å². The Morgan fingerprint density at radius 1 is 1.41 bits per heavy atom. The van der Waals surface area contributed by atoms with E-state index in [-0.39, 0.29) is 34.6 Å². The number of Topliss-reactive ketones (excluding diaryl/α,β-unsaturated/α-hetero) is 1. The molecule has 2 aromatic rings. The average Bonchev–Trinajstić information content (AvgIpc) is 3.35. The van der Waals surface area contributed by atoms with Crippen molar-refractivity contribution in [2.45, 2.75) is 44.7 Å². The lowest BCUT2D eigenvalue weighted by molar-refractivity contribution is -0.153. The number of halogens is 4. The van der Waals surface area contributed by atoms with E-state index < -0.39 is 18.2 Å². The molecule has 2 heterocycles. The maximum atomic E-state index is 12.8. The fourth-order valence-electron chi connectivity index (χ4n) is 2.92. The molecule has 0 amide bonds. The van der Waals surface area contributed by atoms with Gasteiger partial charge in [0.25, 0.3) is 0 Å². The minimum atomic E-state index is -4.52. The molecule has 10 heteroatoms. The number of rotatable bonds is 7. The Balaban J connectivity index is 1.80. The van der Waals surface area contributed by atoms with Crippen molar-refractivity contribution >= 4 is 17.4 Å². The highest BCUT2D eigenvalue weighted by molar-refractivity contribution is 6.32. The van der Waals surface area contributed by atoms with Gasteiger partial charge in [-0.2, -0.15) is 18.2 Å². The molecule has 0 saturated heterocycles. The molecule has 146 valence electrons. The number of nitrogens with zero attached hydrogens (tertiary/aromatic N) is 3. The number of aromatic nitrogens is 3. The van der Waals surface area contributed by atoms with E-state index in [1.165, 1.54) is 0 Å². The number of ether oxygens (including phenoxy) is 1.